The number of imide groups is 1. The average Bonchev–Trinajstić information content (AvgIpc) is 3.00. The maximum atomic E-state index is 14.0. The fourth-order valence-electron chi connectivity index (χ4n) is 5.07. The van der Waals surface area contributed by atoms with Gasteiger partial charge in [0.2, 0.25) is 11.4 Å². The summed E-state index contributed by atoms with van der Waals surface area (Å²) in [5.74, 6) is -3.42. The minimum Gasteiger partial charge on any atom is -0.459 e. The SMILES string of the molecule is Cc1nc2ccc(CNC(=O)c3cccc(C(F)(F)F)c3)cc2c(=O)n1[C@@]1(C(=O)OCc2ccccc2)CCC(=O)NC1=O. The van der Waals surface area contributed by atoms with Gasteiger partial charge in [0, 0.05) is 18.5 Å². The van der Waals surface area contributed by atoms with E-state index in [-0.39, 0.29) is 48.3 Å². The van der Waals surface area contributed by atoms with Gasteiger partial charge in [-0.2, -0.15) is 13.2 Å². The largest absolute Gasteiger partial charge is 0.459 e. The lowest BCUT2D eigenvalue weighted by Gasteiger charge is -2.35. The van der Waals surface area contributed by atoms with Crippen LogP contribution < -0.4 is 16.2 Å². The number of carbonyl (C=O) groups excluding carboxylic acids is 4. The van der Waals surface area contributed by atoms with E-state index in [1.165, 1.54) is 25.1 Å². The van der Waals surface area contributed by atoms with Gasteiger partial charge < -0.3 is 10.1 Å². The smallest absolute Gasteiger partial charge is 0.416 e. The van der Waals surface area contributed by atoms with Crippen molar-refractivity contribution < 1.29 is 37.1 Å². The van der Waals surface area contributed by atoms with E-state index >= 15 is 0 Å². The predicted octanol–water partition coefficient (Wildman–Crippen LogP) is 3.53. The standard InChI is InChI=1S/C31H25F3N4O6/c1-18-36-24-11-10-20(16-35-26(40)21-8-5-9-22(15-21)31(32,33)34)14-23(24)27(41)38(18)30(13-12-25(39)37-28(30)42)29(43)44-17-19-6-3-2-4-7-19/h2-11,14-15H,12-13,16-17H2,1H3,(H,35,40)(H,37,39,42)/t30-/m0/s1. The Hall–Kier alpha value is -5.33. The Morgan fingerprint density at radius 2 is 1.75 bits per heavy atom. The van der Waals surface area contributed by atoms with Gasteiger partial charge in [0.15, 0.2) is 0 Å². The molecule has 44 heavy (non-hydrogen) atoms. The molecular weight excluding hydrogens is 581 g/mol. The lowest BCUT2D eigenvalue weighted by atomic mass is 9.87. The molecule has 1 saturated heterocycles. The molecular formula is C31H25F3N4O6. The first-order valence-electron chi connectivity index (χ1n) is 13.4. The number of fused-ring (bicyclic) bond motifs is 1. The summed E-state index contributed by atoms with van der Waals surface area (Å²) in [4.78, 5) is 70.0. The summed E-state index contributed by atoms with van der Waals surface area (Å²) in [5.41, 5.74) is -2.89. The second-order valence-electron chi connectivity index (χ2n) is 10.2. The molecule has 226 valence electrons. The number of aromatic nitrogens is 2. The zero-order valence-electron chi connectivity index (χ0n) is 23.2. The van der Waals surface area contributed by atoms with Crippen LogP contribution in [0.2, 0.25) is 0 Å². The molecule has 3 aromatic carbocycles. The predicted molar refractivity (Wildman–Crippen MR) is 150 cm³/mol. The highest BCUT2D eigenvalue weighted by Crippen LogP contribution is 2.31. The van der Waals surface area contributed by atoms with Crippen LogP contribution in [0, 0.1) is 6.92 Å². The van der Waals surface area contributed by atoms with Gasteiger partial charge in [0.25, 0.3) is 17.4 Å². The third-order valence-corrected chi connectivity index (χ3v) is 7.28. The van der Waals surface area contributed by atoms with Gasteiger partial charge in [0.05, 0.1) is 16.5 Å². The van der Waals surface area contributed by atoms with Crippen molar-refractivity contribution in [2.75, 3.05) is 0 Å². The molecule has 10 nitrogen and oxygen atoms in total. The summed E-state index contributed by atoms with van der Waals surface area (Å²) in [6.07, 6.45) is -5.20. The van der Waals surface area contributed by atoms with E-state index in [1.54, 1.807) is 36.4 Å². The van der Waals surface area contributed by atoms with E-state index in [0.29, 0.717) is 11.1 Å². The van der Waals surface area contributed by atoms with Crippen molar-refractivity contribution in [3.8, 4) is 0 Å². The number of ether oxygens (including phenoxy) is 1. The Balaban J connectivity index is 1.48. The highest BCUT2D eigenvalue weighted by Gasteiger charge is 2.54. The molecule has 1 aliphatic rings. The lowest BCUT2D eigenvalue weighted by Crippen LogP contribution is -2.62. The van der Waals surface area contributed by atoms with Crippen LogP contribution in [0.25, 0.3) is 10.9 Å². The van der Waals surface area contributed by atoms with E-state index in [1.807, 2.05) is 0 Å². The van der Waals surface area contributed by atoms with Gasteiger partial charge in [-0.1, -0.05) is 42.5 Å². The monoisotopic (exact) mass is 606 g/mol. The molecule has 4 aromatic rings. The molecule has 1 atom stereocenters. The highest BCUT2D eigenvalue weighted by atomic mass is 19.4. The molecule has 0 radical (unpaired) electrons. The number of nitrogens with zero attached hydrogens (tertiary/aromatic N) is 2. The van der Waals surface area contributed by atoms with Crippen LogP contribution in [-0.4, -0.2) is 33.2 Å². The summed E-state index contributed by atoms with van der Waals surface area (Å²) in [5, 5.41) is 4.67. The maximum absolute atomic E-state index is 14.0. The molecule has 2 N–H and O–H groups in total. The number of benzene rings is 3. The van der Waals surface area contributed by atoms with Gasteiger partial charge >= 0.3 is 12.1 Å². The van der Waals surface area contributed by atoms with Crippen LogP contribution in [0.3, 0.4) is 0 Å². The van der Waals surface area contributed by atoms with E-state index in [4.69, 9.17) is 4.74 Å². The summed E-state index contributed by atoms with van der Waals surface area (Å²) in [6, 6.07) is 17.1. The minimum atomic E-state index is -4.62. The number of nitrogens with one attached hydrogen (secondary N) is 2. The fraction of sp³-hybridized carbons (Fsp3) is 0.226. The molecule has 3 amide bonds. The Labute approximate surface area is 247 Å². The number of hydrogen-bond acceptors (Lipinski definition) is 7. The van der Waals surface area contributed by atoms with Gasteiger partial charge in [-0.3, -0.25) is 29.1 Å². The van der Waals surface area contributed by atoms with Crippen LogP contribution in [0.4, 0.5) is 13.2 Å². The van der Waals surface area contributed by atoms with Crippen molar-refractivity contribution >= 4 is 34.6 Å². The number of amides is 3. The van der Waals surface area contributed by atoms with E-state index < -0.39 is 46.5 Å². The maximum Gasteiger partial charge on any atom is 0.416 e. The van der Waals surface area contributed by atoms with E-state index in [2.05, 4.69) is 15.6 Å². The van der Waals surface area contributed by atoms with Crippen LogP contribution >= 0.6 is 0 Å². The number of rotatable bonds is 7. The second kappa shape index (κ2) is 11.7. The Kier molecular flexibility index (Phi) is 8.05. The molecule has 0 aliphatic carbocycles. The first-order valence-corrected chi connectivity index (χ1v) is 13.4. The van der Waals surface area contributed by atoms with Crippen LogP contribution in [0.5, 0.6) is 0 Å². The molecule has 0 bridgehead atoms. The highest BCUT2D eigenvalue weighted by molar-refractivity contribution is 6.13. The number of alkyl halides is 3. The molecule has 0 unspecified atom stereocenters. The molecule has 0 spiro atoms. The van der Waals surface area contributed by atoms with Crippen molar-refractivity contribution in [1.82, 2.24) is 20.2 Å². The van der Waals surface area contributed by atoms with Gasteiger partial charge in [0.1, 0.15) is 12.4 Å². The summed E-state index contributed by atoms with van der Waals surface area (Å²) in [6.45, 7) is 1.10. The normalized spacial score (nSPS) is 16.8. The van der Waals surface area contributed by atoms with Crippen LogP contribution in [0.15, 0.2) is 77.6 Å². The summed E-state index contributed by atoms with van der Waals surface area (Å²) in [7, 11) is 0. The van der Waals surface area contributed by atoms with Crippen LogP contribution in [0.1, 0.15) is 45.7 Å². The molecule has 13 heteroatoms. The van der Waals surface area contributed by atoms with Crippen molar-refractivity contribution in [1.29, 1.82) is 0 Å². The zero-order chi connectivity index (χ0) is 31.6. The molecule has 5 rings (SSSR count). The number of carbonyl (C=O) groups is 4. The Bertz CT molecular complexity index is 1860. The quantitative estimate of drug-likeness (QED) is 0.187. The van der Waals surface area contributed by atoms with Gasteiger partial charge in [-0.15, -0.1) is 0 Å². The van der Waals surface area contributed by atoms with Crippen molar-refractivity contribution in [3.05, 3.63) is 111 Å². The summed E-state index contributed by atoms with van der Waals surface area (Å²) >= 11 is 0. The number of hydrogen-bond donors (Lipinski definition) is 2. The van der Waals surface area contributed by atoms with Gasteiger partial charge in [-0.05, 0) is 54.8 Å². The summed E-state index contributed by atoms with van der Waals surface area (Å²) < 4.78 is 45.6. The lowest BCUT2D eigenvalue weighted by molar-refractivity contribution is -0.164. The molecule has 1 fully saturated rings. The zero-order valence-corrected chi connectivity index (χ0v) is 23.2. The third kappa shape index (κ3) is 5.80. The molecule has 0 saturated carbocycles. The second-order valence-corrected chi connectivity index (χ2v) is 10.2. The molecule has 1 aliphatic heterocycles. The number of aryl methyl sites for hydroxylation is 1. The van der Waals surface area contributed by atoms with Gasteiger partial charge in [-0.25, -0.2) is 9.78 Å². The van der Waals surface area contributed by atoms with E-state index in [9.17, 15) is 37.1 Å². The first-order chi connectivity index (χ1) is 20.9. The number of piperidine rings is 1. The Morgan fingerprint density at radius 1 is 1.00 bits per heavy atom. The molecule has 1 aromatic heterocycles. The Morgan fingerprint density at radius 3 is 2.45 bits per heavy atom. The van der Waals surface area contributed by atoms with Crippen LogP contribution in [-0.2, 0) is 44.0 Å². The topological polar surface area (TPSA) is 136 Å². The minimum absolute atomic E-state index is 0.00125. The van der Waals surface area contributed by atoms with E-state index in [0.717, 1.165) is 22.8 Å². The third-order valence-electron chi connectivity index (χ3n) is 7.28. The average molecular weight is 607 g/mol. The van der Waals surface area contributed by atoms with Crippen molar-refractivity contribution in [2.24, 2.45) is 0 Å². The number of esters is 1. The number of halogens is 3. The van der Waals surface area contributed by atoms with Crippen molar-refractivity contribution in [3.63, 3.8) is 0 Å². The fourth-order valence-corrected chi connectivity index (χ4v) is 5.07. The first kappa shape index (κ1) is 30.1. The van der Waals surface area contributed by atoms with Crippen molar-refractivity contribution in [2.45, 2.75) is 44.6 Å². The molecule has 2 heterocycles.